The van der Waals surface area contributed by atoms with Crippen LogP contribution >= 0.6 is 0 Å². The standard InChI is InChI=1S/C30H20O2/c1-32-30(31)29-27-22-13-7-5-9-19(22)15-17-24(27)26(21-11-3-2-4-12-21)25-18-16-20-10-6-8-14-23(20)28(25)29/h2-18H,1H3. The minimum atomic E-state index is -0.313. The fraction of sp³-hybridized carbons (Fsp3) is 0.0333. The molecule has 6 aromatic rings. The van der Waals surface area contributed by atoms with Crippen molar-refractivity contribution in [2.45, 2.75) is 0 Å². The van der Waals surface area contributed by atoms with Gasteiger partial charge in [-0.3, -0.25) is 0 Å². The van der Waals surface area contributed by atoms with Crippen molar-refractivity contribution in [1.82, 2.24) is 0 Å². The molecule has 6 aromatic carbocycles. The minimum Gasteiger partial charge on any atom is -0.465 e. The van der Waals surface area contributed by atoms with Crippen molar-refractivity contribution in [3.63, 3.8) is 0 Å². The van der Waals surface area contributed by atoms with Crippen molar-refractivity contribution < 1.29 is 9.53 Å². The van der Waals surface area contributed by atoms with Crippen LogP contribution in [0.15, 0.2) is 103 Å². The molecule has 2 nitrogen and oxygen atoms in total. The first kappa shape index (κ1) is 18.6. The van der Waals surface area contributed by atoms with Gasteiger partial charge in [-0.25, -0.2) is 4.79 Å². The SMILES string of the molecule is COC(=O)c1c2c(ccc3ccccc32)c(-c2ccccc2)c2ccc3ccccc3c12. The first-order valence-electron chi connectivity index (χ1n) is 10.7. The lowest BCUT2D eigenvalue weighted by atomic mass is 9.84. The zero-order chi connectivity index (χ0) is 21.7. The maximum atomic E-state index is 13.4. The molecule has 0 aliphatic carbocycles. The smallest absolute Gasteiger partial charge is 0.339 e. The van der Waals surface area contributed by atoms with E-state index in [2.05, 4.69) is 72.8 Å². The van der Waals surface area contributed by atoms with Crippen LogP contribution in [0, 0.1) is 0 Å². The Hall–Kier alpha value is -4.17. The number of ether oxygens (including phenoxy) is 1. The van der Waals surface area contributed by atoms with E-state index in [1.165, 1.54) is 7.11 Å². The summed E-state index contributed by atoms with van der Waals surface area (Å²) in [6.07, 6.45) is 0. The number of hydrogen-bond acceptors (Lipinski definition) is 2. The molecule has 0 saturated carbocycles. The summed E-state index contributed by atoms with van der Waals surface area (Å²) in [6, 6.07) is 35.4. The molecule has 152 valence electrons. The predicted octanol–water partition coefficient (Wildman–Crippen LogP) is 7.75. The van der Waals surface area contributed by atoms with Gasteiger partial charge in [0.05, 0.1) is 12.7 Å². The monoisotopic (exact) mass is 412 g/mol. The maximum Gasteiger partial charge on any atom is 0.339 e. The third kappa shape index (κ3) is 2.63. The number of fused-ring (bicyclic) bond motifs is 6. The summed E-state index contributed by atoms with van der Waals surface area (Å²) in [7, 11) is 1.46. The summed E-state index contributed by atoms with van der Waals surface area (Å²) in [5.74, 6) is -0.313. The van der Waals surface area contributed by atoms with Crippen LogP contribution in [-0.4, -0.2) is 13.1 Å². The second kappa shape index (κ2) is 7.21. The highest BCUT2D eigenvalue weighted by molar-refractivity contribution is 6.32. The van der Waals surface area contributed by atoms with Crippen molar-refractivity contribution in [2.24, 2.45) is 0 Å². The number of carbonyl (C=O) groups is 1. The van der Waals surface area contributed by atoms with Gasteiger partial charge in [-0.05, 0) is 43.4 Å². The molecule has 0 spiro atoms. The van der Waals surface area contributed by atoms with Crippen molar-refractivity contribution in [2.75, 3.05) is 7.11 Å². The third-order valence-corrected chi connectivity index (χ3v) is 6.35. The van der Waals surface area contributed by atoms with Crippen LogP contribution in [0.1, 0.15) is 10.4 Å². The van der Waals surface area contributed by atoms with Crippen LogP contribution in [0.5, 0.6) is 0 Å². The van der Waals surface area contributed by atoms with Gasteiger partial charge in [-0.1, -0.05) is 103 Å². The number of esters is 1. The van der Waals surface area contributed by atoms with Gasteiger partial charge < -0.3 is 4.74 Å². The fourth-order valence-electron chi connectivity index (χ4n) is 4.99. The van der Waals surface area contributed by atoms with Crippen LogP contribution in [0.2, 0.25) is 0 Å². The Balaban J connectivity index is 2.00. The van der Waals surface area contributed by atoms with Gasteiger partial charge in [-0.2, -0.15) is 0 Å². The highest BCUT2D eigenvalue weighted by Gasteiger charge is 2.23. The molecule has 0 saturated heterocycles. The molecule has 0 fully saturated rings. The lowest BCUT2D eigenvalue weighted by Crippen LogP contribution is -2.05. The zero-order valence-corrected chi connectivity index (χ0v) is 17.6. The third-order valence-electron chi connectivity index (χ3n) is 6.35. The molecular formula is C30H20O2. The van der Waals surface area contributed by atoms with Crippen molar-refractivity contribution in [3.05, 3.63) is 109 Å². The summed E-state index contributed by atoms with van der Waals surface area (Å²) in [6.45, 7) is 0. The molecule has 0 N–H and O–H groups in total. The summed E-state index contributed by atoms with van der Waals surface area (Å²) >= 11 is 0. The molecule has 0 radical (unpaired) electrons. The van der Waals surface area contributed by atoms with Gasteiger partial charge in [0.1, 0.15) is 0 Å². The van der Waals surface area contributed by atoms with E-state index in [9.17, 15) is 4.79 Å². The van der Waals surface area contributed by atoms with Gasteiger partial charge >= 0.3 is 5.97 Å². The van der Waals surface area contributed by atoms with E-state index >= 15 is 0 Å². The van der Waals surface area contributed by atoms with Gasteiger partial charge in [-0.15, -0.1) is 0 Å². The molecule has 0 bridgehead atoms. The number of hydrogen-bond donors (Lipinski definition) is 0. The molecule has 2 heteroatoms. The Kier molecular flexibility index (Phi) is 4.19. The molecule has 0 aromatic heterocycles. The molecular weight excluding hydrogens is 392 g/mol. The molecule has 0 heterocycles. The normalized spacial score (nSPS) is 11.4. The summed E-state index contributed by atoms with van der Waals surface area (Å²) < 4.78 is 5.36. The maximum absolute atomic E-state index is 13.4. The van der Waals surface area contributed by atoms with Gasteiger partial charge in [0.25, 0.3) is 0 Å². The van der Waals surface area contributed by atoms with E-state index in [1.807, 2.05) is 30.3 Å². The number of carbonyl (C=O) groups excluding carboxylic acids is 1. The highest BCUT2D eigenvalue weighted by atomic mass is 16.5. The van der Waals surface area contributed by atoms with E-state index in [4.69, 9.17) is 4.74 Å². The van der Waals surface area contributed by atoms with Crippen molar-refractivity contribution in [1.29, 1.82) is 0 Å². The molecule has 0 aliphatic heterocycles. The molecule has 0 atom stereocenters. The average molecular weight is 412 g/mol. The number of methoxy groups -OCH3 is 1. The van der Waals surface area contributed by atoms with E-state index in [-0.39, 0.29) is 5.97 Å². The Morgan fingerprint density at radius 2 is 1.06 bits per heavy atom. The van der Waals surface area contributed by atoms with Crippen LogP contribution in [0.3, 0.4) is 0 Å². The quantitative estimate of drug-likeness (QED) is 0.165. The molecule has 0 amide bonds. The van der Waals surface area contributed by atoms with Crippen LogP contribution < -0.4 is 0 Å². The summed E-state index contributed by atoms with van der Waals surface area (Å²) in [5.41, 5.74) is 2.90. The average Bonchev–Trinajstić information content (AvgIpc) is 2.87. The first-order valence-corrected chi connectivity index (χ1v) is 10.7. The van der Waals surface area contributed by atoms with Crippen molar-refractivity contribution >= 4 is 49.1 Å². The first-order chi connectivity index (χ1) is 15.8. The Morgan fingerprint density at radius 1 is 0.562 bits per heavy atom. The minimum absolute atomic E-state index is 0.313. The molecule has 6 rings (SSSR count). The van der Waals surface area contributed by atoms with Crippen LogP contribution in [0.25, 0.3) is 54.2 Å². The Morgan fingerprint density at radius 3 is 1.59 bits per heavy atom. The van der Waals surface area contributed by atoms with E-state index < -0.39 is 0 Å². The van der Waals surface area contributed by atoms with Gasteiger partial charge in [0.2, 0.25) is 0 Å². The van der Waals surface area contributed by atoms with Gasteiger partial charge in [0, 0.05) is 10.8 Å². The van der Waals surface area contributed by atoms with Crippen molar-refractivity contribution in [3.8, 4) is 11.1 Å². The van der Waals surface area contributed by atoms with E-state index in [0.717, 1.165) is 54.2 Å². The van der Waals surface area contributed by atoms with E-state index in [1.54, 1.807) is 0 Å². The summed E-state index contributed by atoms with van der Waals surface area (Å²) in [5, 5.41) is 8.30. The Bertz CT molecular complexity index is 1570. The predicted molar refractivity (Wildman–Crippen MR) is 133 cm³/mol. The van der Waals surface area contributed by atoms with Crippen LogP contribution in [0.4, 0.5) is 0 Å². The molecule has 0 unspecified atom stereocenters. The second-order valence-corrected chi connectivity index (χ2v) is 8.03. The lowest BCUT2D eigenvalue weighted by molar-refractivity contribution is 0.0605. The lowest BCUT2D eigenvalue weighted by Gasteiger charge is -2.19. The largest absolute Gasteiger partial charge is 0.465 e. The number of benzene rings is 6. The molecule has 0 aliphatic rings. The zero-order valence-electron chi connectivity index (χ0n) is 17.6. The number of rotatable bonds is 2. The topological polar surface area (TPSA) is 26.3 Å². The Labute approximate surface area is 185 Å². The second-order valence-electron chi connectivity index (χ2n) is 8.03. The molecule has 32 heavy (non-hydrogen) atoms. The van der Waals surface area contributed by atoms with E-state index in [0.29, 0.717) is 5.56 Å². The fourth-order valence-corrected chi connectivity index (χ4v) is 4.99. The highest BCUT2D eigenvalue weighted by Crippen LogP contribution is 2.44. The van der Waals surface area contributed by atoms with Crippen LogP contribution in [-0.2, 0) is 4.74 Å². The van der Waals surface area contributed by atoms with Gasteiger partial charge in [0.15, 0.2) is 0 Å². The summed E-state index contributed by atoms with van der Waals surface area (Å²) in [4.78, 5) is 13.4.